The lowest BCUT2D eigenvalue weighted by Gasteiger charge is -2.32. The minimum atomic E-state index is 0.667. The number of aromatic nitrogens is 2. The highest BCUT2D eigenvalue weighted by molar-refractivity contribution is 8.00. The van der Waals surface area contributed by atoms with Crippen LogP contribution < -0.4 is 10.2 Å². The molecule has 0 spiro atoms. The first kappa shape index (κ1) is 12.0. The Hall–Kier alpha value is -1.01. The first-order valence-corrected chi connectivity index (χ1v) is 8.00. The van der Waals surface area contributed by atoms with Crippen LogP contribution >= 0.6 is 23.1 Å². The predicted molar refractivity (Wildman–Crippen MR) is 81.1 cm³/mol. The van der Waals surface area contributed by atoms with Crippen LogP contribution in [0.3, 0.4) is 0 Å². The zero-order valence-corrected chi connectivity index (χ0v) is 12.1. The maximum absolute atomic E-state index is 4.65. The molecule has 96 valence electrons. The molecule has 3 heterocycles. The maximum atomic E-state index is 4.65. The lowest BCUT2D eigenvalue weighted by Crippen LogP contribution is -2.37. The number of nitrogens with zero attached hydrogens (tertiary/aromatic N) is 3. The van der Waals surface area contributed by atoms with Crippen LogP contribution in [0.15, 0.2) is 11.4 Å². The molecule has 0 bridgehead atoms. The fourth-order valence-corrected chi connectivity index (χ4v) is 3.98. The average Bonchev–Trinajstić information content (AvgIpc) is 2.85. The molecule has 0 amide bonds. The molecule has 1 aliphatic rings. The second-order valence-electron chi connectivity index (χ2n) is 4.39. The normalized spacial score (nSPS) is 20.3. The van der Waals surface area contributed by atoms with Crippen LogP contribution in [0.5, 0.6) is 0 Å². The van der Waals surface area contributed by atoms with E-state index in [0.29, 0.717) is 11.2 Å². The van der Waals surface area contributed by atoms with Crippen LogP contribution in [-0.2, 0) is 0 Å². The van der Waals surface area contributed by atoms with E-state index in [9.17, 15) is 0 Å². The van der Waals surface area contributed by atoms with Crippen molar-refractivity contribution in [2.24, 2.45) is 0 Å². The summed E-state index contributed by atoms with van der Waals surface area (Å²) in [6.07, 6.45) is 0. The zero-order valence-electron chi connectivity index (χ0n) is 10.5. The molecule has 0 radical (unpaired) electrons. The Morgan fingerprint density at radius 1 is 1.44 bits per heavy atom. The van der Waals surface area contributed by atoms with Crippen LogP contribution in [0.4, 0.5) is 11.8 Å². The van der Waals surface area contributed by atoms with Crippen molar-refractivity contribution in [2.75, 3.05) is 36.1 Å². The quantitative estimate of drug-likeness (QED) is 0.916. The Kier molecular flexibility index (Phi) is 3.30. The number of anilines is 2. The van der Waals surface area contributed by atoms with Gasteiger partial charge in [-0.2, -0.15) is 16.7 Å². The summed E-state index contributed by atoms with van der Waals surface area (Å²) in [6.45, 7) is 4.41. The zero-order chi connectivity index (χ0) is 12.5. The number of nitrogens with one attached hydrogen (secondary N) is 1. The van der Waals surface area contributed by atoms with E-state index in [1.54, 1.807) is 11.3 Å². The molecule has 1 saturated heterocycles. The van der Waals surface area contributed by atoms with Crippen LogP contribution in [0, 0.1) is 0 Å². The van der Waals surface area contributed by atoms with Gasteiger partial charge in [-0.05, 0) is 11.4 Å². The minimum absolute atomic E-state index is 0.667. The van der Waals surface area contributed by atoms with E-state index in [-0.39, 0.29) is 0 Å². The summed E-state index contributed by atoms with van der Waals surface area (Å²) in [6, 6.07) is 2.13. The Balaban J connectivity index is 2.05. The summed E-state index contributed by atoms with van der Waals surface area (Å²) in [5.41, 5.74) is 0. The van der Waals surface area contributed by atoms with Gasteiger partial charge in [0.05, 0.1) is 5.39 Å². The lowest BCUT2D eigenvalue weighted by atomic mass is 10.3. The average molecular weight is 280 g/mol. The van der Waals surface area contributed by atoms with Crippen LogP contribution in [-0.4, -0.2) is 41.1 Å². The molecular formula is C12H16N4S2. The molecule has 6 heteroatoms. The van der Waals surface area contributed by atoms with Gasteiger partial charge in [0.15, 0.2) is 0 Å². The number of thiophene rings is 1. The molecule has 0 aromatic carbocycles. The Morgan fingerprint density at radius 2 is 2.33 bits per heavy atom. The molecule has 18 heavy (non-hydrogen) atoms. The number of hydrogen-bond acceptors (Lipinski definition) is 6. The summed E-state index contributed by atoms with van der Waals surface area (Å²) in [4.78, 5) is 12.6. The first-order chi connectivity index (χ1) is 8.78. The molecule has 0 aliphatic carbocycles. The second-order valence-corrected chi connectivity index (χ2v) is 6.83. The van der Waals surface area contributed by atoms with E-state index in [0.717, 1.165) is 23.7 Å². The van der Waals surface area contributed by atoms with E-state index in [4.69, 9.17) is 0 Å². The van der Waals surface area contributed by atoms with Gasteiger partial charge in [0, 0.05) is 31.1 Å². The highest BCUT2D eigenvalue weighted by atomic mass is 32.2. The van der Waals surface area contributed by atoms with Crippen molar-refractivity contribution in [2.45, 2.75) is 12.2 Å². The Bertz CT molecular complexity index is 554. The number of fused-ring (bicyclic) bond motifs is 1. The topological polar surface area (TPSA) is 41.1 Å². The van der Waals surface area contributed by atoms with Crippen molar-refractivity contribution in [1.82, 2.24) is 9.97 Å². The van der Waals surface area contributed by atoms with Crippen molar-refractivity contribution in [3.05, 3.63) is 11.4 Å². The standard InChI is InChI=1S/C12H16N4S2/c1-8-7-16(4-6-17-8)10-9-3-5-18-11(9)15-12(13-2)14-10/h3,5,8H,4,6-7H2,1-2H3,(H,13,14,15). The van der Waals surface area contributed by atoms with Crippen molar-refractivity contribution in [3.8, 4) is 0 Å². The monoisotopic (exact) mass is 280 g/mol. The molecule has 1 unspecified atom stereocenters. The molecule has 2 aromatic rings. The number of thioether (sulfide) groups is 1. The predicted octanol–water partition coefficient (Wildman–Crippen LogP) is 2.67. The van der Waals surface area contributed by atoms with Gasteiger partial charge >= 0.3 is 0 Å². The Labute approximate surface area is 115 Å². The summed E-state index contributed by atoms with van der Waals surface area (Å²) >= 11 is 3.71. The largest absolute Gasteiger partial charge is 0.357 e. The molecule has 1 N–H and O–H groups in total. The van der Waals surface area contributed by atoms with Gasteiger partial charge in [0.1, 0.15) is 10.6 Å². The summed E-state index contributed by atoms with van der Waals surface area (Å²) < 4.78 is 0. The van der Waals surface area contributed by atoms with Gasteiger partial charge < -0.3 is 10.2 Å². The molecular weight excluding hydrogens is 264 g/mol. The van der Waals surface area contributed by atoms with Gasteiger partial charge in [-0.1, -0.05) is 6.92 Å². The van der Waals surface area contributed by atoms with Crippen molar-refractivity contribution in [3.63, 3.8) is 0 Å². The highest BCUT2D eigenvalue weighted by Gasteiger charge is 2.21. The van der Waals surface area contributed by atoms with Crippen molar-refractivity contribution >= 4 is 45.1 Å². The maximum Gasteiger partial charge on any atom is 0.225 e. The van der Waals surface area contributed by atoms with E-state index in [1.807, 2.05) is 18.8 Å². The summed E-state index contributed by atoms with van der Waals surface area (Å²) in [7, 11) is 1.87. The first-order valence-electron chi connectivity index (χ1n) is 6.07. The van der Waals surface area contributed by atoms with Gasteiger partial charge in [-0.15, -0.1) is 11.3 Å². The van der Waals surface area contributed by atoms with E-state index < -0.39 is 0 Å². The minimum Gasteiger partial charge on any atom is -0.357 e. The third-order valence-electron chi connectivity index (χ3n) is 3.07. The van der Waals surface area contributed by atoms with Gasteiger partial charge in [0.25, 0.3) is 0 Å². The summed E-state index contributed by atoms with van der Waals surface area (Å²) in [5.74, 6) is 2.97. The van der Waals surface area contributed by atoms with Crippen LogP contribution in [0.25, 0.3) is 10.2 Å². The van der Waals surface area contributed by atoms with E-state index in [1.165, 1.54) is 11.1 Å². The fraction of sp³-hybridized carbons (Fsp3) is 0.500. The smallest absolute Gasteiger partial charge is 0.225 e. The number of hydrogen-bond donors (Lipinski definition) is 1. The molecule has 1 atom stereocenters. The van der Waals surface area contributed by atoms with Crippen molar-refractivity contribution < 1.29 is 0 Å². The highest BCUT2D eigenvalue weighted by Crippen LogP contribution is 2.31. The van der Waals surface area contributed by atoms with Gasteiger partial charge in [-0.3, -0.25) is 0 Å². The molecule has 2 aromatic heterocycles. The van der Waals surface area contributed by atoms with Gasteiger partial charge in [-0.25, -0.2) is 4.98 Å². The second kappa shape index (κ2) is 4.93. The third-order valence-corrected chi connectivity index (χ3v) is 5.01. The lowest BCUT2D eigenvalue weighted by molar-refractivity contribution is 0.773. The van der Waals surface area contributed by atoms with Crippen LogP contribution in [0.1, 0.15) is 6.92 Å². The van der Waals surface area contributed by atoms with E-state index in [2.05, 4.69) is 38.6 Å². The van der Waals surface area contributed by atoms with Crippen LogP contribution in [0.2, 0.25) is 0 Å². The summed E-state index contributed by atoms with van der Waals surface area (Å²) in [5, 5.41) is 6.99. The van der Waals surface area contributed by atoms with Gasteiger partial charge in [0.2, 0.25) is 5.95 Å². The third kappa shape index (κ3) is 2.14. The molecule has 4 nitrogen and oxygen atoms in total. The fourth-order valence-electron chi connectivity index (χ4n) is 2.20. The molecule has 1 fully saturated rings. The number of rotatable bonds is 2. The SMILES string of the molecule is CNc1nc(N2CCSC(C)C2)c2ccsc2n1. The molecule has 0 saturated carbocycles. The van der Waals surface area contributed by atoms with Crippen molar-refractivity contribution in [1.29, 1.82) is 0 Å². The Morgan fingerprint density at radius 3 is 3.11 bits per heavy atom. The molecule has 3 rings (SSSR count). The molecule has 1 aliphatic heterocycles. The van der Waals surface area contributed by atoms with E-state index >= 15 is 0 Å².